The maximum Gasteiger partial charge on any atom is 0.270 e. The van der Waals surface area contributed by atoms with Crippen LogP contribution in [0.1, 0.15) is 0 Å². The highest BCUT2D eigenvalue weighted by atomic mass is 32.2. The van der Waals surface area contributed by atoms with Crippen molar-refractivity contribution in [2.45, 2.75) is 4.90 Å². The first-order valence-corrected chi connectivity index (χ1v) is 8.55. The molecule has 0 unspecified atom stereocenters. The van der Waals surface area contributed by atoms with Gasteiger partial charge in [-0.3, -0.25) is 15.0 Å². The van der Waals surface area contributed by atoms with Crippen molar-refractivity contribution in [2.24, 2.45) is 0 Å². The Bertz CT molecular complexity index is 718. The Labute approximate surface area is 128 Å². The van der Waals surface area contributed by atoms with Crippen LogP contribution >= 0.6 is 0 Å². The van der Waals surface area contributed by atoms with E-state index >= 15 is 0 Å². The van der Waals surface area contributed by atoms with E-state index in [2.05, 4.69) is 6.07 Å². The van der Waals surface area contributed by atoms with Gasteiger partial charge in [0.25, 0.3) is 5.69 Å². The molecule has 1 aliphatic rings. The van der Waals surface area contributed by atoms with Crippen LogP contribution in [0.15, 0.2) is 23.1 Å². The lowest BCUT2D eigenvalue weighted by Crippen LogP contribution is -2.46. The van der Waals surface area contributed by atoms with E-state index in [1.165, 1.54) is 12.1 Å². The summed E-state index contributed by atoms with van der Waals surface area (Å²) < 4.78 is 23.9. The minimum absolute atomic E-state index is 0.0320. The van der Waals surface area contributed by atoms with Crippen LogP contribution in [0.3, 0.4) is 0 Å². The van der Waals surface area contributed by atoms with Crippen molar-refractivity contribution in [3.8, 4) is 6.07 Å². The molecule has 118 valence electrons. The molecule has 0 saturated carbocycles. The van der Waals surface area contributed by atoms with Crippen molar-refractivity contribution in [1.29, 1.82) is 5.26 Å². The molecule has 1 fully saturated rings. The van der Waals surface area contributed by atoms with Crippen molar-refractivity contribution >= 4 is 21.2 Å². The van der Waals surface area contributed by atoms with Crippen molar-refractivity contribution in [1.82, 2.24) is 4.90 Å². The van der Waals surface area contributed by atoms with E-state index < -0.39 is 14.8 Å². The normalized spacial score (nSPS) is 16.3. The first-order valence-electron chi connectivity index (χ1n) is 6.65. The number of nitriles is 1. The molecule has 0 aliphatic carbocycles. The summed E-state index contributed by atoms with van der Waals surface area (Å²) >= 11 is 0. The Kier molecular flexibility index (Phi) is 4.63. The first-order chi connectivity index (χ1) is 10.3. The Morgan fingerprint density at radius 1 is 1.32 bits per heavy atom. The van der Waals surface area contributed by atoms with Gasteiger partial charge in [-0.1, -0.05) is 0 Å². The summed E-state index contributed by atoms with van der Waals surface area (Å²) in [5.74, 6) is 0. The van der Waals surface area contributed by atoms with E-state index in [9.17, 15) is 18.5 Å². The second-order valence-corrected chi connectivity index (χ2v) is 7.09. The molecule has 1 aromatic rings. The highest BCUT2D eigenvalue weighted by Gasteiger charge is 2.24. The van der Waals surface area contributed by atoms with Gasteiger partial charge in [0.05, 0.1) is 28.1 Å². The van der Waals surface area contributed by atoms with Crippen LogP contribution in [0, 0.1) is 21.4 Å². The Morgan fingerprint density at radius 3 is 2.45 bits per heavy atom. The van der Waals surface area contributed by atoms with Crippen molar-refractivity contribution in [3.63, 3.8) is 0 Å². The van der Waals surface area contributed by atoms with Crippen molar-refractivity contribution in [2.75, 3.05) is 43.9 Å². The number of benzene rings is 1. The standard InChI is InChI=1S/C13H16N4O4S/c1-22(20,21)13-10-11(17(18)19)2-3-12(13)16-8-6-15(5-4-14)7-9-16/h2-3,10H,5-9H2,1H3. The zero-order valence-electron chi connectivity index (χ0n) is 12.1. The molecule has 0 radical (unpaired) electrons. The zero-order chi connectivity index (χ0) is 16.3. The predicted octanol–water partition coefficient (Wildman–Crippen LogP) is 0.644. The van der Waals surface area contributed by atoms with Gasteiger partial charge in [0.15, 0.2) is 9.84 Å². The van der Waals surface area contributed by atoms with E-state index in [4.69, 9.17) is 5.26 Å². The number of sulfone groups is 1. The molecule has 2 rings (SSSR count). The minimum atomic E-state index is -3.57. The maximum atomic E-state index is 11.9. The van der Waals surface area contributed by atoms with Crippen molar-refractivity contribution < 1.29 is 13.3 Å². The fraction of sp³-hybridized carbons (Fsp3) is 0.462. The molecule has 0 amide bonds. The smallest absolute Gasteiger partial charge is 0.270 e. The molecule has 8 nitrogen and oxygen atoms in total. The average Bonchev–Trinajstić information content (AvgIpc) is 2.47. The molecular formula is C13H16N4O4S. The molecule has 0 spiro atoms. The number of hydrogen-bond acceptors (Lipinski definition) is 7. The van der Waals surface area contributed by atoms with E-state index in [0.29, 0.717) is 38.4 Å². The molecule has 0 N–H and O–H groups in total. The highest BCUT2D eigenvalue weighted by molar-refractivity contribution is 7.90. The molecule has 0 atom stereocenters. The lowest BCUT2D eigenvalue weighted by molar-refractivity contribution is -0.385. The van der Waals surface area contributed by atoms with Gasteiger partial charge in [0.1, 0.15) is 0 Å². The van der Waals surface area contributed by atoms with Crippen LogP contribution in [0.4, 0.5) is 11.4 Å². The van der Waals surface area contributed by atoms with E-state index in [0.717, 1.165) is 12.3 Å². The van der Waals surface area contributed by atoms with E-state index in [1.54, 1.807) is 0 Å². The topological polar surface area (TPSA) is 108 Å². The number of rotatable bonds is 4. The largest absolute Gasteiger partial charge is 0.368 e. The lowest BCUT2D eigenvalue weighted by Gasteiger charge is -2.35. The SMILES string of the molecule is CS(=O)(=O)c1cc([N+](=O)[O-])ccc1N1CCN(CC#N)CC1. The van der Waals surface area contributed by atoms with Crippen LogP contribution in [-0.2, 0) is 9.84 Å². The molecule has 0 aromatic heterocycles. The monoisotopic (exact) mass is 324 g/mol. The summed E-state index contributed by atoms with van der Waals surface area (Å²) in [5.41, 5.74) is 0.233. The van der Waals surface area contributed by atoms with Gasteiger partial charge in [-0.2, -0.15) is 5.26 Å². The number of nitrogens with zero attached hydrogens (tertiary/aromatic N) is 4. The summed E-state index contributed by atoms with van der Waals surface area (Å²) in [6.45, 7) is 2.78. The van der Waals surface area contributed by atoms with Gasteiger partial charge in [0, 0.05) is 44.6 Å². The second-order valence-electron chi connectivity index (χ2n) is 5.10. The van der Waals surface area contributed by atoms with E-state index in [1.807, 2.05) is 9.80 Å². The number of non-ortho nitro benzene ring substituents is 1. The summed E-state index contributed by atoms with van der Waals surface area (Å²) in [6, 6.07) is 5.98. The third-order valence-corrected chi connectivity index (χ3v) is 4.69. The fourth-order valence-corrected chi connectivity index (χ4v) is 3.33. The highest BCUT2D eigenvalue weighted by Crippen LogP contribution is 2.30. The fourth-order valence-electron chi connectivity index (χ4n) is 2.42. The maximum absolute atomic E-state index is 11.9. The molecule has 22 heavy (non-hydrogen) atoms. The number of piperazine rings is 1. The number of hydrogen-bond donors (Lipinski definition) is 0. The van der Waals surface area contributed by atoms with Gasteiger partial charge >= 0.3 is 0 Å². The molecule has 1 saturated heterocycles. The van der Waals surface area contributed by atoms with Crippen LogP contribution in [0.2, 0.25) is 0 Å². The summed E-state index contributed by atoms with van der Waals surface area (Å²) in [7, 11) is -3.57. The average molecular weight is 324 g/mol. The van der Waals surface area contributed by atoms with Crippen LogP contribution in [0.25, 0.3) is 0 Å². The third-order valence-electron chi connectivity index (χ3n) is 3.56. The summed E-state index contributed by atoms with van der Waals surface area (Å²) in [4.78, 5) is 14.1. The van der Waals surface area contributed by atoms with Crippen LogP contribution < -0.4 is 4.90 Å². The number of anilines is 1. The summed E-state index contributed by atoms with van der Waals surface area (Å²) in [6.07, 6.45) is 1.04. The second kappa shape index (κ2) is 6.29. The zero-order valence-corrected chi connectivity index (χ0v) is 12.9. The van der Waals surface area contributed by atoms with Gasteiger partial charge < -0.3 is 4.90 Å². The minimum Gasteiger partial charge on any atom is -0.368 e. The molecule has 0 bridgehead atoms. The van der Waals surface area contributed by atoms with Gasteiger partial charge in [-0.05, 0) is 6.07 Å². The Balaban J connectivity index is 2.32. The molecule has 1 aliphatic heterocycles. The van der Waals surface area contributed by atoms with Gasteiger partial charge in [-0.15, -0.1) is 0 Å². The number of nitro benzene ring substituents is 1. The Morgan fingerprint density at radius 2 is 1.95 bits per heavy atom. The third kappa shape index (κ3) is 3.52. The quantitative estimate of drug-likeness (QED) is 0.454. The number of nitro groups is 1. The Hall–Kier alpha value is -2.18. The predicted molar refractivity (Wildman–Crippen MR) is 80.5 cm³/mol. The molecule has 1 aromatic carbocycles. The van der Waals surface area contributed by atoms with Crippen LogP contribution in [0.5, 0.6) is 0 Å². The van der Waals surface area contributed by atoms with Gasteiger partial charge in [0.2, 0.25) is 0 Å². The van der Waals surface area contributed by atoms with Crippen LogP contribution in [-0.4, -0.2) is 57.2 Å². The van der Waals surface area contributed by atoms with Crippen molar-refractivity contribution in [3.05, 3.63) is 28.3 Å². The molecule has 9 heteroatoms. The first kappa shape index (κ1) is 16.2. The summed E-state index contributed by atoms with van der Waals surface area (Å²) in [5, 5.41) is 19.5. The molecule has 1 heterocycles. The van der Waals surface area contributed by atoms with E-state index in [-0.39, 0.29) is 10.6 Å². The lowest BCUT2D eigenvalue weighted by atomic mass is 10.2. The van der Waals surface area contributed by atoms with Gasteiger partial charge in [-0.25, -0.2) is 8.42 Å². The molecular weight excluding hydrogens is 308 g/mol.